The maximum Gasteiger partial charge on any atom is 0.186 e. The van der Waals surface area contributed by atoms with E-state index in [2.05, 4.69) is 21.8 Å². The molecule has 5 heteroatoms. The van der Waals surface area contributed by atoms with Crippen molar-refractivity contribution in [2.75, 3.05) is 5.75 Å². The van der Waals surface area contributed by atoms with Crippen LogP contribution in [-0.2, 0) is 4.79 Å². The Kier molecular flexibility index (Phi) is 3.22. The van der Waals surface area contributed by atoms with Crippen LogP contribution in [0.25, 0.3) is 5.65 Å². The van der Waals surface area contributed by atoms with Gasteiger partial charge in [0, 0.05) is 19.3 Å². The van der Waals surface area contributed by atoms with Crippen LogP contribution < -0.4 is 0 Å². The monoisotopic (exact) mass is 231 g/mol. The molecule has 4 nitrogen and oxygen atoms in total. The molecule has 2 heterocycles. The highest BCUT2D eigenvalue weighted by molar-refractivity contribution is 8.13. The third-order valence-electron chi connectivity index (χ3n) is 1.88. The van der Waals surface area contributed by atoms with E-state index in [1.165, 1.54) is 18.7 Å². The number of aromatic nitrogens is 3. The fourth-order valence-corrected chi connectivity index (χ4v) is 1.55. The van der Waals surface area contributed by atoms with Gasteiger partial charge in [0.15, 0.2) is 10.8 Å². The van der Waals surface area contributed by atoms with Crippen molar-refractivity contribution in [1.82, 2.24) is 14.4 Å². The van der Waals surface area contributed by atoms with Gasteiger partial charge >= 0.3 is 0 Å². The molecule has 2 aromatic rings. The van der Waals surface area contributed by atoms with Gasteiger partial charge in [-0.15, -0.1) is 0 Å². The van der Waals surface area contributed by atoms with E-state index in [1.807, 2.05) is 10.6 Å². The smallest absolute Gasteiger partial charge is 0.186 e. The van der Waals surface area contributed by atoms with Crippen molar-refractivity contribution in [3.63, 3.8) is 0 Å². The van der Waals surface area contributed by atoms with Gasteiger partial charge in [-0.05, 0) is 5.92 Å². The number of thioether (sulfide) groups is 1. The van der Waals surface area contributed by atoms with Gasteiger partial charge in [-0.1, -0.05) is 17.7 Å². The molecule has 0 saturated heterocycles. The lowest BCUT2D eigenvalue weighted by Gasteiger charge is -1.91. The first kappa shape index (κ1) is 10.7. The second-order valence-corrected chi connectivity index (χ2v) is 4.18. The van der Waals surface area contributed by atoms with Gasteiger partial charge in [-0.3, -0.25) is 14.2 Å². The van der Waals surface area contributed by atoms with E-state index in [0.29, 0.717) is 5.75 Å². The van der Waals surface area contributed by atoms with E-state index < -0.39 is 0 Å². The molecule has 0 radical (unpaired) electrons. The third-order valence-corrected chi connectivity index (χ3v) is 2.58. The Morgan fingerprint density at radius 1 is 1.56 bits per heavy atom. The van der Waals surface area contributed by atoms with Crippen LogP contribution in [0.1, 0.15) is 12.6 Å². The maximum atomic E-state index is 10.7. The van der Waals surface area contributed by atoms with Gasteiger partial charge in [0.05, 0.1) is 18.1 Å². The van der Waals surface area contributed by atoms with Crippen LogP contribution in [0.2, 0.25) is 0 Å². The van der Waals surface area contributed by atoms with Gasteiger partial charge < -0.3 is 0 Å². The molecule has 0 spiro atoms. The van der Waals surface area contributed by atoms with Crippen molar-refractivity contribution in [1.29, 1.82) is 0 Å². The number of nitrogens with zero attached hydrogens (tertiary/aromatic N) is 3. The van der Waals surface area contributed by atoms with E-state index in [1.54, 1.807) is 18.6 Å². The van der Waals surface area contributed by atoms with E-state index >= 15 is 0 Å². The average molecular weight is 231 g/mol. The van der Waals surface area contributed by atoms with Crippen LogP contribution in [0, 0.1) is 11.8 Å². The van der Waals surface area contributed by atoms with Crippen LogP contribution in [0.5, 0.6) is 0 Å². The molecule has 0 aliphatic heterocycles. The highest BCUT2D eigenvalue weighted by Gasteiger charge is 1.98. The maximum absolute atomic E-state index is 10.7. The Balaban J connectivity index is 2.18. The second-order valence-electron chi connectivity index (χ2n) is 3.03. The number of imidazole rings is 1. The van der Waals surface area contributed by atoms with Crippen molar-refractivity contribution in [3.05, 3.63) is 30.5 Å². The lowest BCUT2D eigenvalue weighted by atomic mass is 10.4. The minimum atomic E-state index is 0.0802. The van der Waals surface area contributed by atoms with Crippen molar-refractivity contribution in [3.8, 4) is 11.8 Å². The molecular formula is C11H9N3OS. The van der Waals surface area contributed by atoms with Crippen molar-refractivity contribution >= 4 is 22.5 Å². The average Bonchev–Trinajstić information content (AvgIpc) is 2.68. The first-order valence-electron chi connectivity index (χ1n) is 4.66. The van der Waals surface area contributed by atoms with Gasteiger partial charge in [-0.2, -0.15) is 0 Å². The summed E-state index contributed by atoms with van der Waals surface area (Å²) in [6.07, 6.45) is 6.87. The lowest BCUT2D eigenvalue weighted by Crippen LogP contribution is -1.88. The van der Waals surface area contributed by atoms with Crippen LogP contribution in [0.15, 0.2) is 24.8 Å². The number of hydrogen-bond acceptors (Lipinski definition) is 4. The Morgan fingerprint density at radius 3 is 3.25 bits per heavy atom. The molecule has 0 aliphatic rings. The Bertz CT molecular complexity index is 579. The molecule has 16 heavy (non-hydrogen) atoms. The van der Waals surface area contributed by atoms with Gasteiger partial charge in [-0.25, -0.2) is 4.98 Å². The zero-order chi connectivity index (χ0) is 11.4. The van der Waals surface area contributed by atoms with Crippen LogP contribution in [0.3, 0.4) is 0 Å². The molecule has 0 amide bonds. The van der Waals surface area contributed by atoms with E-state index in [4.69, 9.17) is 0 Å². The lowest BCUT2D eigenvalue weighted by molar-refractivity contribution is -0.109. The highest BCUT2D eigenvalue weighted by atomic mass is 32.2. The normalized spacial score (nSPS) is 9.81. The van der Waals surface area contributed by atoms with E-state index in [-0.39, 0.29) is 5.12 Å². The molecule has 80 valence electrons. The Morgan fingerprint density at radius 2 is 2.44 bits per heavy atom. The van der Waals surface area contributed by atoms with Crippen molar-refractivity contribution in [2.24, 2.45) is 0 Å². The van der Waals surface area contributed by atoms with Crippen molar-refractivity contribution < 1.29 is 4.79 Å². The highest BCUT2D eigenvalue weighted by Crippen LogP contribution is 2.03. The minimum absolute atomic E-state index is 0.0802. The minimum Gasteiger partial charge on any atom is -0.290 e. The summed E-state index contributed by atoms with van der Waals surface area (Å²) in [6.45, 7) is 1.53. The quantitative estimate of drug-likeness (QED) is 0.695. The van der Waals surface area contributed by atoms with Crippen LogP contribution >= 0.6 is 11.8 Å². The zero-order valence-corrected chi connectivity index (χ0v) is 9.49. The fraction of sp³-hybridized carbons (Fsp3) is 0.182. The predicted molar refractivity (Wildman–Crippen MR) is 63.0 cm³/mol. The Hall–Kier alpha value is -1.80. The molecule has 0 aromatic carbocycles. The summed E-state index contributed by atoms with van der Waals surface area (Å²) in [5.74, 6) is 6.40. The summed E-state index contributed by atoms with van der Waals surface area (Å²) in [5, 5.41) is 0.0802. The number of rotatable bonds is 1. The molecule has 0 unspecified atom stereocenters. The van der Waals surface area contributed by atoms with Gasteiger partial charge in [0.1, 0.15) is 5.69 Å². The van der Waals surface area contributed by atoms with Crippen molar-refractivity contribution in [2.45, 2.75) is 6.92 Å². The molecule has 0 fully saturated rings. The second kappa shape index (κ2) is 4.81. The standard InChI is InChI=1S/C11H9N3OS/c1-9(15)16-6-2-3-10-7-13-11-8-12-4-5-14(10)11/h4-5,7-8H,6H2,1H3. The molecule has 0 saturated carbocycles. The number of carbonyl (C=O) groups excluding carboxylic acids is 1. The summed E-state index contributed by atoms with van der Waals surface area (Å²) in [6, 6.07) is 0. The zero-order valence-electron chi connectivity index (χ0n) is 8.67. The summed E-state index contributed by atoms with van der Waals surface area (Å²) >= 11 is 1.20. The first-order chi connectivity index (χ1) is 7.77. The fourth-order valence-electron chi connectivity index (χ4n) is 1.20. The largest absolute Gasteiger partial charge is 0.290 e. The van der Waals surface area contributed by atoms with Crippen LogP contribution in [-0.4, -0.2) is 25.2 Å². The van der Waals surface area contributed by atoms with Gasteiger partial charge in [0.25, 0.3) is 0 Å². The molecule has 0 bridgehead atoms. The topological polar surface area (TPSA) is 47.3 Å². The number of carbonyl (C=O) groups is 1. The summed E-state index contributed by atoms with van der Waals surface area (Å²) in [5.41, 5.74) is 1.58. The summed E-state index contributed by atoms with van der Waals surface area (Å²) in [4.78, 5) is 18.8. The molecule has 0 aliphatic carbocycles. The van der Waals surface area contributed by atoms with Gasteiger partial charge in [0.2, 0.25) is 0 Å². The number of fused-ring (bicyclic) bond motifs is 1. The molecule has 2 rings (SSSR count). The van der Waals surface area contributed by atoms with Crippen LogP contribution in [0.4, 0.5) is 0 Å². The summed E-state index contributed by atoms with van der Waals surface area (Å²) < 4.78 is 1.86. The molecule has 2 aromatic heterocycles. The Labute approximate surface area is 97.1 Å². The SMILES string of the molecule is CC(=O)SCC#Cc1cnc2cnccn12. The number of hydrogen-bond donors (Lipinski definition) is 0. The predicted octanol–water partition coefficient (Wildman–Crippen LogP) is 1.36. The summed E-state index contributed by atoms with van der Waals surface area (Å²) in [7, 11) is 0. The molecule has 0 atom stereocenters. The third kappa shape index (κ3) is 2.41. The first-order valence-corrected chi connectivity index (χ1v) is 5.65. The molecular weight excluding hydrogens is 222 g/mol. The van der Waals surface area contributed by atoms with E-state index in [0.717, 1.165) is 11.3 Å². The molecule has 0 N–H and O–H groups in total. The van der Waals surface area contributed by atoms with E-state index in [9.17, 15) is 4.79 Å².